The second-order valence-corrected chi connectivity index (χ2v) is 4.25. The maximum Gasteiger partial charge on any atom is 0.100 e. The van der Waals surface area contributed by atoms with Crippen molar-refractivity contribution in [2.75, 3.05) is 0 Å². The van der Waals surface area contributed by atoms with Gasteiger partial charge >= 0.3 is 0 Å². The van der Waals surface area contributed by atoms with Crippen LogP contribution in [0.2, 0.25) is 0 Å². The first-order chi connectivity index (χ1) is 8.31. The monoisotopic (exact) mass is 217 g/mol. The fourth-order valence-electron chi connectivity index (χ4n) is 2.35. The van der Waals surface area contributed by atoms with Crippen LogP contribution in [0, 0.1) is 18.3 Å². The Balaban J connectivity index is 2.58. The predicted octanol–water partition coefficient (Wildman–Crippen LogP) is 4.17. The largest absolute Gasteiger partial charge is 0.192 e. The van der Waals surface area contributed by atoms with Crippen molar-refractivity contribution in [3.8, 4) is 6.07 Å². The van der Waals surface area contributed by atoms with E-state index in [0.29, 0.717) is 0 Å². The van der Waals surface area contributed by atoms with Gasteiger partial charge in [-0.1, -0.05) is 48.5 Å². The molecular weight excluding hydrogens is 206 g/mol. The minimum absolute atomic E-state index is 0.785. The average molecular weight is 217 g/mol. The molecule has 1 nitrogen and oxygen atoms in total. The van der Waals surface area contributed by atoms with Gasteiger partial charge in [-0.2, -0.15) is 5.26 Å². The van der Waals surface area contributed by atoms with E-state index in [1.54, 1.807) is 0 Å². The van der Waals surface area contributed by atoms with Gasteiger partial charge < -0.3 is 0 Å². The van der Waals surface area contributed by atoms with Gasteiger partial charge in [0.2, 0.25) is 0 Å². The standard InChI is InChI=1S/C16H11N/c1-11-6-8-14-13-5-3-2-4-12(13)7-9-15(14)16(11)10-17/h2-9H,1H3. The first-order valence-corrected chi connectivity index (χ1v) is 5.62. The summed E-state index contributed by atoms with van der Waals surface area (Å²) in [4.78, 5) is 0. The van der Waals surface area contributed by atoms with Crippen molar-refractivity contribution in [1.29, 1.82) is 5.26 Å². The van der Waals surface area contributed by atoms with Gasteiger partial charge in [-0.3, -0.25) is 0 Å². The maximum absolute atomic E-state index is 9.24. The minimum atomic E-state index is 0.785. The van der Waals surface area contributed by atoms with Crippen molar-refractivity contribution in [3.05, 3.63) is 59.7 Å². The van der Waals surface area contributed by atoms with Gasteiger partial charge in [0.05, 0.1) is 5.56 Å². The van der Waals surface area contributed by atoms with E-state index < -0.39 is 0 Å². The Morgan fingerprint density at radius 3 is 2.41 bits per heavy atom. The molecule has 0 aromatic heterocycles. The minimum Gasteiger partial charge on any atom is -0.192 e. The normalized spacial score (nSPS) is 10.6. The summed E-state index contributed by atoms with van der Waals surface area (Å²) in [6.45, 7) is 1.98. The summed E-state index contributed by atoms with van der Waals surface area (Å²) in [5.41, 5.74) is 1.82. The number of hydrogen-bond acceptors (Lipinski definition) is 1. The SMILES string of the molecule is Cc1ccc2c(ccc3ccccc32)c1C#N. The molecule has 0 saturated carbocycles. The summed E-state index contributed by atoms with van der Waals surface area (Å²) in [5.74, 6) is 0. The zero-order valence-electron chi connectivity index (χ0n) is 9.57. The van der Waals surface area contributed by atoms with Gasteiger partial charge in [0.15, 0.2) is 0 Å². The molecule has 0 radical (unpaired) electrons. The van der Waals surface area contributed by atoms with Crippen molar-refractivity contribution in [1.82, 2.24) is 0 Å². The highest BCUT2D eigenvalue weighted by Crippen LogP contribution is 2.28. The van der Waals surface area contributed by atoms with Crippen molar-refractivity contribution >= 4 is 21.5 Å². The fourth-order valence-corrected chi connectivity index (χ4v) is 2.35. The summed E-state index contributed by atoms with van der Waals surface area (Å²) >= 11 is 0. The Hall–Kier alpha value is -2.33. The van der Waals surface area contributed by atoms with Gasteiger partial charge in [-0.15, -0.1) is 0 Å². The summed E-state index contributed by atoms with van der Waals surface area (Å²) in [7, 11) is 0. The van der Waals surface area contributed by atoms with Crippen molar-refractivity contribution < 1.29 is 0 Å². The molecule has 0 amide bonds. The summed E-state index contributed by atoms with van der Waals surface area (Å²) < 4.78 is 0. The highest BCUT2D eigenvalue weighted by molar-refractivity contribution is 6.09. The molecule has 0 heterocycles. The van der Waals surface area contributed by atoms with Crippen LogP contribution < -0.4 is 0 Å². The summed E-state index contributed by atoms with van der Waals surface area (Å²) in [5, 5.41) is 13.9. The molecule has 80 valence electrons. The third kappa shape index (κ3) is 1.38. The molecule has 0 unspecified atom stereocenters. The van der Waals surface area contributed by atoms with E-state index in [1.165, 1.54) is 10.8 Å². The zero-order valence-corrected chi connectivity index (χ0v) is 9.57. The van der Waals surface area contributed by atoms with Gasteiger partial charge in [0.25, 0.3) is 0 Å². The lowest BCUT2D eigenvalue weighted by atomic mass is 9.96. The molecule has 0 bridgehead atoms. The molecule has 17 heavy (non-hydrogen) atoms. The Labute approximate surface area is 99.9 Å². The molecule has 1 heteroatoms. The van der Waals surface area contributed by atoms with E-state index in [1.807, 2.05) is 31.2 Å². The van der Waals surface area contributed by atoms with Crippen LogP contribution in [0.25, 0.3) is 21.5 Å². The highest BCUT2D eigenvalue weighted by Gasteiger charge is 2.06. The van der Waals surface area contributed by atoms with Gasteiger partial charge in [0, 0.05) is 5.39 Å². The topological polar surface area (TPSA) is 23.8 Å². The third-order valence-electron chi connectivity index (χ3n) is 3.25. The Bertz CT molecular complexity index is 763. The number of hydrogen-bond donors (Lipinski definition) is 0. The van der Waals surface area contributed by atoms with Crippen LogP contribution >= 0.6 is 0 Å². The number of fused-ring (bicyclic) bond motifs is 3. The van der Waals surface area contributed by atoms with Crippen LogP contribution in [0.4, 0.5) is 0 Å². The number of aryl methyl sites for hydroxylation is 1. The molecule has 3 rings (SSSR count). The molecule has 0 atom stereocenters. The van der Waals surface area contributed by atoms with Crippen LogP contribution in [0.3, 0.4) is 0 Å². The molecular formula is C16H11N. The number of nitriles is 1. The molecule has 3 aromatic rings. The number of nitrogens with zero attached hydrogens (tertiary/aromatic N) is 1. The van der Waals surface area contributed by atoms with E-state index in [2.05, 4.69) is 30.3 Å². The van der Waals surface area contributed by atoms with Crippen molar-refractivity contribution in [2.45, 2.75) is 6.92 Å². The molecule has 0 spiro atoms. The number of benzene rings is 3. The summed E-state index contributed by atoms with van der Waals surface area (Å²) in [6, 6.07) is 18.8. The van der Waals surface area contributed by atoms with Crippen LogP contribution in [-0.2, 0) is 0 Å². The first kappa shape index (κ1) is 9.86. The molecule has 0 aliphatic carbocycles. The lowest BCUT2D eigenvalue weighted by Gasteiger charge is -2.07. The number of rotatable bonds is 0. The predicted molar refractivity (Wildman–Crippen MR) is 70.9 cm³/mol. The van der Waals surface area contributed by atoms with E-state index in [4.69, 9.17) is 0 Å². The van der Waals surface area contributed by atoms with Crippen LogP contribution in [0.5, 0.6) is 0 Å². The highest BCUT2D eigenvalue weighted by atomic mass is 14.2. The Morgan fingerprint density at radius 1 is 0.824 bits per heavy atom. The van der Waals surface area contributed by atoms with Crippen molar-refractivity contribution in [3.63, 3.8) is 0 Å². The van der Waals surface area contributed by atoms with E-state index in [-0.39, 0.29) is 0 Å². The molecule has 0 N–H and O–H groups in total. The summed E-state index contributed by atoms with van der Waals surface area (Å²) in [6.07, 6.45) is 0. The molecule has 0 fully saturated rings. The quantitative estimate of drug-likeness (QED) is 0.518. The first-order valence-electron chi connectivity index (χ1n) is 5.62. The molecule has 3 aromatic carbocycles. The zero-order chi connectivity index (χ0) is 11.8. The van der Waals surface area contributed by atoms with Gasteiger partial charge in [-0.25, -0.2) is 0 Å². The van der Waals surface area contributed by atoms with Crippen molar-refractivity contribution in [2.24, 2.45) is 0 Å². The molecule has 0 aliphatic rings. The second kappa shape index (κ2) is 3.61. The Kier molecular flexibility index (Phi) is 2.09. The molecule has 0 saturated heterocycles. The second-order valence-electron chi connectivity index (χ2n) is 4.25. The lowest BCUT2D eigenvalue weighted by Crippen LogP contribution is -1.86. The van der Waals surface area contributed by atoms with E-state index >= 15 is 0 Å². The lowest BCUT2D eigenvalue weighted by molar-refractivity contribution is 1.43. The fraction of sp³-hybridized carbons (Fsp3) is 0.0625. The van der Waals surface area contributed by atoms with E-state index in [9.17, 15) is 5.26 Å². The average Bonchev–Trinajstić information content (AvgIpc) is 2.38. The van der Waals surface area contributed by atoms with Crippen LogP contribution in [-0.4, -0.2) is 0 Å². The van der Waals surface area contributed by atoms with Crippen LogP contribution in [0.1, 0.15) is 11.1 Å². The maximum atomic E-state index is 9.24. The third-order valence-corrected chi connectivity index (χ3v) is 3.25. The van der Waals surface area contributed by atoms with Gasteiger partial charge in [-0.05, 0) is 28.6 Å². The van der Waals surface area contributed by atoms with Gasteiger partial charge in [0.1, 0.15) is 6.07 Å². The Morgan fingerprint density at radius 2 is 1.59 bits per heavy atom. The van der Waals surface area contributed by atoms with E-state index in [0.717, 1.165) is 21.9 Å². The smallest absolute Gasteiger partial charge is 0.100 e. The molecule has 0 aliphatic heterocycles. The van der Waals surface area contributed by atoms with Crippen LogP contribution in [0.15, 0.2) is 48.5 Å².